The van der Waals surface area contributed by atoms with E-state index in [-0.39, 0.29) is 13.2 Å². The molecule has 0 fully saturated rings. The van der Waals surface area contributed by atoms with Crippen LogP contribution in [0.2, 0.25) is 0 Å². The van der Waals surface area contributed by atoms with E-state index in [1.54, 1.807) is 39.0 Å². The van der Waals surface area contributed by atoms with E-state index in [1.165, 1.54) is 6.33 Å². The molecule has 1 aromatic heterocycles. The first kappa shape index (κ1) is 18.7. The third-order valence-electron chi connectivity index (χ3n) is 4.19. The normalized spacial score (nSPS) is 15.8. The summed E-state index contributed by atoms with van der Waals surface area (Å²) in [6.45, 7) is 2.22. The first-order valence-electron chi connectivity index (χ1n) is 8.42. The number of carbonyl (C=O) groups is 1. The van der Waals surface area contributed by atoms with Crippen LogP contribution in [0.4, 0.5) is 5.95 Å². The number of esters is 1. The lowest BCUT2D eigenvalue weighted by Gasteiger charge is -2.29. The number of fused-ring (bicyclic) bond motifs is 1. The number of nitrogens with zero attached hydrogens (tertiary/aromatic N) is 3. The molecule has 9 heteroatoms. The molecule has 0 saturated heterocycles. The molecule has 1 aliphatic heterocycles. The highest BCUT2D eigenvalue weighted by Crippen LogP contribution is 2.38. The maximum absolute atomic E-state index is 12.8. The van der Waals surface area contributed by atoms with E-state index in [4.69, 9.17) is 18.9 Å². The molecule has 1 aromatic carbocycles. The molecule has 0 radical (unpaired) electrons. The molecule has 0 bridgehead atoms. The van der Waals surface area contributed by atoms with E-state index in [2.05, 4.69) is 15.4 Å². The van der Waals surface area contributed by atoms with Gasteiger partial charge in [-0.25, -0.2) is 9.48 Å². The maximum atomic E-state index is 12.8. The molecule has 0 saturated carbocycles. The van der Waals surface area contributed by atoms with Crippen molar-refractivity contribution in [2.45, 2.75) is 13.0 Å². The summed E-state index contributed by atoms with van der Waals surface area (Å²) >= 11 is 0. The Balaban J connectivity index is 2.18. The van der Waals surface area contributed by atoms with Crippen LogP contribution in [0.1, 0.15) is 18.5 Å². The number of nitrogens with one attached hydrogen (secondary N) is 1. The van der Waals surface area contributed by atoms with Crippen LogP contribution < -0.4 is 14.8 Å². The highest BCUT2D eigenvalue weighted by atomic mass is 16.5. The van der Waals surface area contributed by atoms with Crippen molar-refractivity contribution in [3.8, 4) is 11.5 Å². The molecule has 1 N–H and O–H groups in total. The van der Waals surface area contributed by atoms with Crippen LogP contribution in [0.25, 0.3) is 0 Å². The topological polar surface area (TPSA) is 96.7 Å². The van der Waals surface area contributed by atoms with Gasteiger partial charge in [-0.1, -0.05) is 6.07 Å². The van der Waals surface area contributed by atoms with Crippen molar-refractivity contribution < 1.29 is 23.7 Å². The molecule has 2 aromatic rings. The number of methoxy groups -OCH3 is 3. The molecule has 0 spiro atoms. The summed E-state index contributed by atoms with van der Waals surface area (Å²) in [5.41, 5.74) is 1.76. The van der Waals surface area contributed by atoms with Gasteiger partial charge in [0, 0.05) is 7.11 Å². The van der Waals surface area contributed by atoms with Gasteiger partial charge < -0.3 is 24.3 Å². The number of hydrogen-bond donors (Lipinski definition) is 1. The van der Waals surface area contributed by atoms with Crippen LogP contribution in [-0.2, 0) is 14.3 Å². The van der Waals surface area contributed by atoms with Gasteiger partial charge in [0.1, 0.15) is 12.4 Å². The fourth-order valence-electron chi connectivity index (χ4n) is 3.05. The SMILES string of the molecule is CCOC(=O)C1=C(COC)Nc2ncnn2[C@H]1c1ccc(OC)c(OC)c1. The summed E-state index contributed by atoms with van der Waals surface area (Å²) in [4.78, 5) is 17.0. The molecule has 0 amide bonds. The number of aromatic nitrogens is 3. The van der Waals surface area contributed by atoms with Crippen molar-refractivity contribution >= 4 is 11.9 Å². The lowest BCUT2D eigenvalue weighted by Crippen LogP contribution is -2.31. The molecule has 0 unspecified atom stereocenters. The number of anilines is 1. The summed E-state index contributed by atoms with van der Waals surface area (Å²) in [6.07, 6.45) is 1.43. The largest absolute Gasteiger partial charge is 0.493 e. The predicted octanol–water partition coefficient (Wildman–Crippen LogP) is 1.77. The highest BCUT2D eigenvalue weighted by molar-refractivity contribution is 5.92. The van der Waals surface area contributed by atoms with E-state index in [0.717, 1.165) is 5.56 Å². The summed E-state index contributed by atoms with van der Waals surface area (Å²) in [5.74, 6) is 1.20. The van der Waals surface area contributed by atoms with Gasteiger partial charge in [-0.3, -0.25) is 0 Å². The summed E-state index contributed by atoms with van der Waals surface area (Å²) in [5, 5.41) is 7.39. The van der Waals surface area contributed by atoms with Crippen molar-refractivity contribution in [1.29, 1.82) is 0 Å². The van der Waals surface area contributed by atoms with Gasteiger partial charge in [0.05, 0.1) is 38.7 Å². The van der Waals surface area contributed by atoms with Crippen molar-refractivity contribution in [2.24, 2.45) is 0 Å². The first-order chi connectivity index (χ1) is 13.1. The van der Waals surface area contributed by atoms with E-state index in [0.29, 0.717) is 28.7 Å². The lowest BCUT2D eigenvalue weighted by molar-refractivity contribution is -0.139. The van der Waals surface area contributed by atoms with Crippen LogP contribution in [0.15, 0.2) is 35.8 Å². The van der Waals surface area contributed by atoms with Crippen LogP contribution in [0.3, 0.4) is 0 Å². The molecule has 144 valence electrons. The Bertz CT molecular complexity index is 861. The predicted molar refractivity (Wildman–Crippen MR) is 96.9 cm³/mol. The van der Waals surface area contributed by atoms with E-state index in [1.807, 2.05) is 12.1 Å². The van der Waals surface area contributed by atoms with Gasteiger partial charge in [0.25, 0.3) is 0 Å². The van der Waals surface area contributed by atoms with Crippen LogP contribution in [0.5, 0.6) is 11.5 Å². The summed E-state index contributed by atoms with van der Waals surface area (Å²) in [6, 6.07) is 4.90. The molecule has 27 heavy (non-hydrogen) atoms. The minimum absolute atomic E-state index is 0.199. The van der Waals surface area contributed by atoms with Gasteiger partial charge in [-0.05, 0) is 24.6 Å². The number of rotatable bonds is 7. The van der Waals surface area contributed by atoms with Crippen molar-refractivity contribution in [2.75, 3.05) is 39.9 Å². The number of hydrogen-bond acceptors (Lipinski definition) is 8. The highest BCUT2D eigenvalue weighted by Gasteiger charge is 2.36. The third-order valence-corrected chi connectivity index (χ3v) is 4.19. The second-order valence-electron chi connectivity index (χ2n) is 5.72. The molecule has 3 rings (SSSR count). The number of ether oxygens (including phenoxy) is 4. The average Bonchev–Trinajstić information content (AvgIpc) is 3.15. The van der Waals surface area contributed by atoms with Crippen LogP contribution in [0, 0.1) is 0 Å². The third kappa shape index (κ3) is 3.45. The molecule has 2 heterocycles. The fourth-order valence-corrected chi connectivity index (χ4v) is 3.05. The van der Waals surface area contributed by atoms with Crippen molar-refractivity contribution in [3.05, 3.63) is 41.4 Å². The number of carbonyl (C=O) groups excluding carboxylic acids is 1. The summed E-state index contributed by atoms with van der Waals surface area (Å²) in [7, 11) is 4.68. The Morgan fingerprint density at radius 3 is 2.67 bits per heavy atom. The van der Waals surface area contributed by atoms with Crippen molar-refractivity contribution in [3.63, 3.8) is 0 Å². The van der Waals surface area contributed by atoms with Gasteiger partial charge in [-0.2, -0.15) is 10.1 Å². The maximum Gasteiger partial charge on any atom is 0.338 e. The van der Waals surface area contributed by atoms with Gasteiger partial charge >= 0.3 is 5.97 Å². The Labute approximate surface area is 156 Å². The molecule has 9 nitrogen and oxygen atoms in total. The minimum atomic E-state index is -0.548. The second-order valence-corrected chi connectivity index (χ2v) is 5.72. The smallest absolute Gasteiger partial charge is 0.338 e. The monoisotopic (exact) mass is 374 g/mol. The molecular formula is C18H22N4O5. The summed E-state index contributed by atoms with van der Waals surface area (Å²) < 4.78 is 22.9. The van der Waals surface area contributed by atoms with E-state index >= 15 is 0 Å². The van der Waals surface area contributed by atoms with Crippen molar-refractivity contribution in [1.82, 2.24) is 14.8 Å². The fraction of sp³-hybridized carbons (Fsp3) is 0.389. The minimum Gasteiger partial charge on any atom is -0.493 e. The standard InChI is InChI=1S/C18H22N4O5/c1-5-27-17(23)15-12(9-24-2)21-18-19-10-20-22(18)16(15)11-6-7-13(25-3)14(8-11)26-4/h6-8,10,16H,5,9H2,1-4H3,(H,19,20,21)/t16-/m0/s1. The zero-order valence-electron chi connectivity index (χ0n) is 15.7. The van der Waals surface area contributed by atoms with Gasteiger partial charge in [0.2, 0.25) is 5.95 Å². The van der Waals surface area contributed by atoms with Gasteiger partial charge in [-0.15, -0.1) is 0 Å². The van der Waals surface area contributed by atoms with Gasteiger partial charge in [0.15, 0.2) is 11.5 Å². The zero-order valence-corrected chi connectivity index (χ0v) is 15.7. The van der Waals surface area contributed by atoms with Crippen LogP contribution in [-0.4, -0.2) is 55.3 Å². The van der Waals surface area contributed by atoms with E-state index in [9.17, 15) is 4.79 Å². The quantitative estimate of drug-likeness (QED) is 0.733. The van der Waals surface area contributed by atoms with E-state index < -0.39 is 12.0 Å². The molecule has 1 atom stereocenters. The Morgan fingerprint density at radius 1 is 1.22 bits per heavy atom. The second kappa shape index (κ2) is 8.09. The Kier molecular flexibility index (Phi) is 5.60. The Morgan fingerprint density at radius 2 is 2.00 bits per heavy atom. The Hall–Kier alpha value is -3.07. The molecular weight excluding hydrogens is 352 g/mol. The lowest BCUT2D eigenvalue weighted by atomic mass is 9.95. The average molecular weight is 374 g/mol. The first-order valence-corrected chi connectivity index (χ1v) is 8.42. The molecule has 1 aliphatic rings. The number of benzene rings is 1. The van der Waals surface area contributed by atoms with Crippen LogP contribution >= 0.6 is 0 Å². The molecule has 0 aliphatic carbocycles. The zero-order chi connectivity index (χ0) is 19.4.